The first-order valence-electron chi connectivity index (χ1n) is 8.19. The topological polar surface area (TPSA) is 58.6 Å². The molecule has 0 saturated carbocycles. The van der Waals surface area contributed by atoms with E-state index in [-0.39, 0.29) is 10.9 Å². The van der Waals surface area contributed by atoms with Gasteiger partial charge in [0.1, 0.15) is 11.5 Å². The van der Waals surface area contributed by atoms with Crippen molar-refractivity contribution in [3.63, 3.8) is 0 Å². The minimum atomic E-state index is -3.51. The number of nitrogens with zero attached hydrogens (tertiary/aromatic N) is 1. The highest BCUT2D eigenvalue weighted by molar-refractivity contribution is 7.89. The molecule has 5 nitrogen and oxygen atoms in total. The number of halogens is 1. The molecule has 7 heteroatoms. The van der Waals surface area contributed by atoms with E-state index >= 15 is 0 Å². The van der Waals surface area contributed by atoms with Gasteiger partial charge in [0.25, 0.3) is 0 Å². The van der Waals surface area contributed by atoms with Gasteiger partial charge in [-0.15, -0.1) is 0 Å². The highest BCUT2D eigenvalue weighted by atomic mass is 35.5. The van der Waals surface area contributed by atoms with E-state index in [4.69, 9.17) is 16.3 Å². The third kappa shape index (κ3) is 4.33. The van der Waals surface area contributed by atoms with Crippen molar-refractivity contribution < 1.29 is 13.2 Å². The number of piperidine rings is 1. The zero-order valence-electron chi connectivity index (χ0n) is 14.0. The summed E-state index contributed by atoms with van der Waals surface area (Å²) in [5.74, 6) is 1.17. The summed E-state index contributed by atoms with van der Waals surface area (Å²) >= 11 is 5.94. The normalized spacial score (nSPS) is 16.1. The van der Waals surface area contributed by atoms with Gasteiger partial charge >= 0.3 is 0 Å². The molecule has 0 radical (unpaired) electrons. The Hall–Kier alpha value is -1.60. The van der Waals surface area contributed by atoms with Crippen molar-refractivity contribution in [2.75, 3.05) is 20.1 Å². The van der Waals surface area contributed by atoms with Crippen molar-refractivity contribution >= 4 is 21.6 Å². The van der Waals surface area contributed by atoms with Crippen molar-refractivity contribution in [1.29, 1.82) is 0 Å². The Morgan fingerprint density at radius 2 is 1.76 bits per heavy atom. The Balaban J connectivity index is 1.74. The minimum absolute atomic E-state index is 0.0358. The lowest BCUT2D eigenvalue weighted by Gasteiger charge is -2.30. The van der Waals surface area contributed by atoms with Crippen molar-refractivity contribution in [3.05, 3.63) is 53.6 Å². The van der Waals surface area contributed by atoms with E-state index in [1.165, 1.54) is 4.31 Å². The number of hydrogen-bond donors (Lipinski definition) is 1. The van der Waals surface area contributed by atoms with Crippen LogP contribution in [0.1, 0.15) is 12.8 Å². The van der Waals surface area contributed by atoms with Crippen molar-refractivity contribution in [1.82, 2.24) is 9.62 Å². The molecular formula is C18H21ClN2O3S. The Bertz CT molecular complexity index is 818. The summed E-state index contributed by atoms with van der Waals surface area (Å²) in [5, 5.41) is 3.83. The molecule has 0 atom stereocenters. The smallest absolute Gasteiger partial charge is 0.243 e. The fourth-order valence-electron chi connectivity index (χ4n) is 2.88. The SMILES string of the molecule is CN(C1CCNCC1)S(=O)(=O)c1ccc(Oc2cccc(Cl)c2)cc1. The van der Waals surface area contributed by atoms with Gasteiger partial charge in [0.2, 0.25) is 10.0 Å². The maximum atomic E-state index is 12.8. The summed E-state index contributed by atoms with van der Waals surface area (Å²) in [6.45, 7) is 1.69. The first-order valence-corrected chi connectivity index (χ1v) is 10.0. The van der Waals surface area contributed by atoms with Crippen LogP contribution in [0, 0.1) is 0 Å². The first-order chi connectivity index (χ1) is 12.0. The van der Waals surface area contributed by atoms with Crippen LogP contribution >= 0.6 is 11.6 Å². The van der Waals surface area contributed by atoms with E-state index in [1.807, 2.05) is 0 Å². The number of hydrogen-bond acceptors (Lipinski definition) is 4. The minimum Gasteiger partial charge on any atom is -0.457 e. The predicted molar refractivity (Wildman–Crippen MR) is 98.8 cm³/mol. The molecule has 2 aromatic rings. The number of ether oxygens (including phenoxy) is 1. The largest absolute Gasteiger partial charge is 0.457 e. The summed E-state index contributed by atoms with van der Waals surface area (Å²) in [5.41, 5.74) is 0. The fraction of sp³-hybridized carbons (Fsp3) is 0.333. The second-order valence-corrected chi connectivity index (χ2v) is 8.47. The third-order valence-electron chi connectivity index (χ3n) is 4.36. The van der Waals surface area contributed by atoms with E-state index in [1.54, 1.807) is 55.6 Å². The summed E-state index contributed by atoms with van der Waals surface area (Å²) in [6, 6.07) is 13.6. The Morgan fingerprint density at radius 3 is 2.40 bits per heavy atom. The van der Waals surface area contributed by atoms with Gasteiger partial charge in [-0.3, -0.25) is 0 Å². The van der Waals surface area contributed by atoms with Crippen LogP contribution in [0.2, 0.25) is 5.02 Å². The van der Waals surface area contributed by atoms with E-state index in [2.05, 4.69) is 5.32 Å². The second kappa shape index (κ2) is 7.74. The van der Waals surface area contributed by atoms with E-state index in [0.717, 1.165) is 25.9 Å². The molecule has 1 aliphatic heterocycles. The molecule has 134 valence electrons. The Morgan fingerprint density at radius 1 is 1.08 bits per heavy atom. The van der Waals surface area contributed by atoms with Gasteiger partial charge in [0, 0.05) is 18.1 Å². The van der Waals surface area contributed by atoms with Crippen LogP contribution in [0.3, 0.4) is 0 Å². The molecule has 1 heterocycles. The third-order valence-corrected chi connectivity index (χ3v) is 6.51. The van der Waals surface area contributed by atoms with Gasteiger partial charge in [-0.25, -0.2) is 8.42 Å². The maximum Gasteiger partial charge on any atom is 0.243 e. The molecule has 0 spiro atoms. The molecule has 25 heavy (non-hydrogen) atoms. The molecule has 0 aromatic heterocycles. The highest BCUT2D eigenvalue weighted by Gasteiger charge is 2.28. The lowest BCUT2D eigenvalue weighted by Crippen LogP contribution is -2.43. The van der Waals surface area contributed by atoms with Crippen molar-refractivity contribution in [2.24, 2.45) is 0 Å². The Labute approximate surface area is 153 Å². The van der Waals surface area contributed by atoms with Gasteiger partial charge in [-0.05, 0) is 68.4 Å². The predicted octanol–water partition coefficient (Wildman–Crippen LogP) is 3.50. The van der Waals surface area contributed by atoms with E-state index < -0.39 is 10.0 Å². The van der Waals surface area contributed by atoms with Gasteiger partial charge in [0.05, 0.1) is 4.90 Å². The van der Waals surface area contributed by atoms with Crippen molar-refractivity contribution in [2.45, 2.75) is 23.8 Å². The van der Waals surface area contributed by atoms with Gasteiger partial charge < -0.3 is 10.1 Å². The number of benzene rings is 2. The van der Waals surface area contributed by atoms with Crippen LogP contribution in [0.4, 0.5) is 0 Å². The summed E-state index contributed by atoms with van der Waals surface area (Å²) in [7, 11) is -1.85. The van der Waals surface area contributed by atoms with Gasteiger partial charge in [-0.1, -0.05) is 17.7 Å². The molecular weight excluding hydrogens is 360 g/mol. The molecule has 1 N–H and O–H groups in total. The monoisotopic (exact) mass is 380 g/mol. The van der Waals surface area contributed by atoms with Crippen LogP contribution in [0.15, 0.2) is 53.4 Å². The van der Waals surface area contributed by atoms with Crippen LogP contribution in [0.25, 0.3) is 0 Å². The highest BCUT2D eigenvalue weighted by Crippen LogP contribution is 2.27. The molecule has 0 unspecified atom stereocenters. The lowest BCUT2D eigenvalue weighted by molar-refractivity contribution is 0.296. The van der Waals surface area contributed by atoms with Crippen LogP contribution in [-0.4, -0.2) is 38.9 Å². The van der Waals surface area contributed by atoms with Crippen molar-refractivity contribution in [3.8, 4) is 11.5 Å². The number of sulfonamides is 1. The molecule has 2 aromatic carbocycles. The summed E-state index contributed by atoms with van der Waals surface area (Å²) in [6.07, 6.45) is 1.65. The molecule has 0 bridgehead atoms. The number of rotatable bonds is 5. The second-order valence-electron chi connectivity index (χ2n) is 6.03. The van der Waals surface area contributed by atoms with E-state index in [9.17, 15) is 8.42 Å². The van der Waals surface area contributed by atoms with Crippen LogP contribution in [-0.2, 0) is 10.0 Å². The standard InChI is InChI=1S/C18H21ClN2O3S/c1-21(15-9-11-20-12-10-15)25(22,23)18-7-5-16(6-8-18)24-17-4-2-3-14(19)13-17/h2-8,13,15,20H,9-12H2,1H3. The summed E-state index contributed by atoms with van der Waals surface area (Å²) < 4.78 is 32.8. The molecule has 3 rings (SSSR count). The van der Waals surface area contributed by atoms with Gasteiger partial charge in [-0.2, -0.15) is 4.31 Å². The zero-order chi connectivity index (χ0) is 17.9. The molecule has 0 amide bonds. The zero-order valence-corrected chi connectivity index (χ0v) is 15.6. The van der Waals surface area contributed by atoms with E-state index in [0.29, 0.717) is 16.5 Å². The van der Waals surface area contributed by atoms with Crippen LogP contribution < -0.4 is 10.1 Å². The van der Waals surface area contributed by atoms with Crippen LogP contribution in [0.5, 0.6) is 11.5 Å². The molecule has 0 aliphatic carbocycles. The summed E-state index contributed by atoms with van der Waals surface area (Å²) in [4.78, 5) is 0.270. The molecule has 1 saturated heterocycles. The molecule has 1 aliphatic rings. The van der Waals surface area contributed by atoms with Gasteiger partial charge in [0.15, 0.2) is 0 Å². The quantitative estimate of drug-likeness (QED) is 0.862. The average molecular weight is 381 g/mol. The Kier molecular flexibility index (Phi) is 5.64. The fourth-order valence-corrected chi connectivity index (χ4v) is 4.48. The lowest BCUT2D eigenvalue weighted by atomic mass is 10.1. The first kappa shape index (κ1) is 18.2. The number of nitrogens with one attached hydrogen (secondary N) is 1. The molecule has 1 fully saturated rings. The average Bonchev–Trinajstić information content (AvgIpc) is 2.62. The maximum absolute atomic E-state index is 12.8.